The van der Waals surface area contributed by atoms with Gasteiger partial charge in [0, 0.05) is 16.0 Å². The normalized spacial score (nSPS) is 12.9. The highest BCUT2D eigenvalue weighted by atomic mass is 32.1. The molecule has 0 saturated carbocycles. The van der Waals surface area contributed by atoms with E-state index in [1.165, 1.54) is 24.3 Å². The van der Waals surface area contributed by atoms with Crippen molar-refractivity contribution in [3.63, 3.8) is 0 Å². The third-order valence-corrected chi connectivity index (χ3v) is 5.50. The van der Waals surface area contributed by atoms with Crippen LogP contribution in [0, 0.1) is 6.92 Å². The van der Waals surface area contributed by atoms with Gasteiger partial charge in [0.1, 0.15) is 18.1 Å². The molecule has 0 saturated heterocycles. The molecule has 1 atom stereocenters. The van der Waals surface area contributed by atoms with Gasteiger partial charge in [-0.25, -0.2) is 4.98 Å². The van der Waals surface area contributed by atoms with Gasteiger partial charge in [-0.15, -0.1) is 11.3 Å². The lowest BCUT2D eigenvalue weighted by molar-refractivity contribution is -0.141. The molecule has 28 heavy (non-hydrogen) atoms. The van der Waals surface area contributed by atoms with Crippen LogP contribution in [0.15, 0.2) is 35.7 Å². The molecular weight excluding hydrogens is 391 g/mol. The third-order valence-electron chi connectivity index (χ3n) is 4.54. The minimum Gasteiger partial charge on any atom is -0.489 e. The molecule has 3 rings (SSSR count). The summed E-state index contributed by atoms with van der Waals surface area (Å²) in [5, 5.41) is 12.1. The molecule has 0 fully saturated rings. The SMILES string of the molecule is CCC(C(=O)O)c1csc2cc(OCc3ccc(C(F)(F)F)nc3C)ccc12. The fourth-order valence-electron chi connectivity index (χ4n) is 2.98. The number of hydrogen-bond acceptors (Lipinski definition) is 4. The number of carboxylic acid groups (broad SMARTS) is 1. The number of carboxylic acids is 1. The first kappa shape index (κ1) is 20.1. The number of alkyl halides is 3. The van der Waals surface area contributed by atoms with Crippen LogP contribution in [0.5, 0.6) is 5.75 Å². The van der Waals surface area contributed by atoms with Crippen molar-refractivity contribution < 1.29 is 27.8 Å². The summed E-state index contributed by atoms with van der Waals surface area (Å²) >= 11 is 1.44. The number of rotatable bonds is 6. The first-order valence-corrected chi connectivity index (χ1v) is 9.49. The molecule has 0 radical (unpaired) electrons. The lowest BCUT2D eigenvalue weighted by Gasteiger charge is -2.12. The summed E-state index contributed by atoms with van der Waals surface area (Å²) < 4.78 is 44.7. The predicted molar refractivity (Wildman–Crippen MR) is 101 cm³/mol. The molecule has 0 spiro atoms. The molecule has 0 aliphatic carbocycles. The Morgan fingerprint density at radius 1 is 1.29 bits per heavy atom. The molecule has 1 N–H and O–H groups in total. The minimum atomic E-state index is -4.47. The first-order valence-electron chi connectivity index (χ1n) is 8.61. The van der Waals surface area contributed by atoms with Gasteiger partial charge in [-0.2, -0.15) is 13.2 Å². The minimum absolute atomic E-state index is 0.0907. The van der Waals surface area contributed by atoms with Crippen molar-refractivity contribution in [2.75, 3.05) is 0 Å². The molecule has 1 unspecified atom stereocenters. The molecule has 3 aromatic rings. The Morgan fingerprint density at radius 2 is 2.04 bits per heavy atom. The van der Waals surface area contributed by atoms with Crippen LogP contribution >= 0.6 is 11.3 Å². The van der Waals surface area contributed by atoms with E-state index in [4.69, 9.17) is 4.74 Å². The van der Waals surface area contributed by atoms with Crippen molar-refractivity contribution >= 4 is 27.4 Å². The third kappa shape index (κ3) is 4.11. The molecule has 2 aromatic heterocycles. The van der Waals surface area contributed by atoms with Gasteiger partial charge in [0.15, 0.2) is 0 Å². The van der Waals surface area contributed by atoms with E-state index in [0.717, 1.165) is 21.7 Å². The van der Waals surface area contributed by atoms with Crippen molar-refractivity contribution in [1.82, 2.24) is 4.98 Å². The van der Waals surface area contributed by atoms with E-state index in [2.05, 4.69) is 4.98 Å². The zero-order chi connectivity index (χ0) is 20.5. The fourth-order valence-corrected chi connectivity index (χ4v) is 4.02. The Bertz CT molecular complexity index is 1010. The highest BCUT2D eigenvalue weighted by Gasteiger charge is 2.32. The molecule has 0 amide bonds. The van der Waals surface area contributed by atoms with Gasteiger partial charge in [-0.3, -0.25) is 4.79 Å². The Kier molecular flexibility index (Phi) is 5.60. The van der Waals surface area contributed by atoms with Gasteiger partial charge in [0.2, 0.25) is 0 Å². The second-order valence-corrected chi connectivity index (χ2v) is 7.29. The second-order valence-electron chi connectivity index (χ2n) is 6.38. The molecule has 0 aliphatic rings. The van der Waals surface area contributed by atoms with Crippen molar-refractivity contribution in [2.45, 2.75) is 39.0 Å². The zero-order valence-corrected chi connectivity index (χ0v) is 16.0. The summed E-state index contributed by atoms with van der Waals surface area (Å²) in [7, 11) is 0. The summed E-state index contributed by atoms with van der Waals surface area (Å²) in [6.07, 6.45) is -3.97. The molecule has 0 aliphatic heterocycles. The maximum absolute atomic E-state index is 12.7. The predicted octanol–water partition coefficient (Wildman–Crippen LogP) is 5.78. The smallest absolute Gasteiger partial charge is 0.433 e. The quantitative estimate of drug-likeness (QED) is 0.561. The van der Waals surface area contributed by atoms with Crippen LogP contribution in [0.25, 0.3) is 10.1 Å². The number of aryl methyl sites for hydroxylation is 1. The number of thiophene rings is 1. The van der Waals surface area contributed by atoms with Gasteiger partial charge in [-0.05, 0) is 53.9 Å². The van der Waals surface area contributed by atoms with Crippen LogP contribution < -0.4 is 4.74 Å². The summed E-state index contributed by atoms with van der Waals surface area (Å²) in [5.41, 5.74) is 0.688. The maximum Gasteiger partial charge on any atom is 0.433 e. The van der Waals surface area contributed by atoms with Gasteiger partial charge in [0.05, 0.1) is 5.92 Å². The molecule has 4 nitrogen and oxygen atoms in total. The van der Waals surface area contributed by atoms with Crippen LogP contribution in [0.2, 0.25) is 0 Å². The number of ether oxygens (including phenoxy) is 1. The van der Waals surface area contributed by atoms with Crippen molar-refractivity contribution in [3.05, 3.63) is 58.2 Å². The van der Waals surface area contributed by atoms with Crippen molar-refractivity contribution in [3.8, 4) is 5.75 Å². The van der Waals surface area contributed by atoms with Crippen LogP contribution in [0.1, 0.15) is 41.8 Å². The summed E-state index contributed by atoms with van der Waals surface area (Å²) in [5.74, 6) is -0.849. The molecular formula is C20H18F3NO3S. The standard InChI is InChI=1S/C20H18F3NO3S/c1-3-14(19(25)26)16-10-28-17-8-13(5-6-15(16)17)27-9-12-4-7-18(20(21,22)23)24-11(12)2/h4-8,10,14H,3,9H2,1-2H3,(H,25,26). The number of fused-ring (bicyclic) bond motifs is 1. The Morgan fingerprint density at radius 3 is 2.64 bits per heavy atom. The Balaban J connectivity index is 1.78. The maximum atomic E-state index is 12.7. The van der Waals surface area contributed by atoms with E-state index < -0.39 is 23.8 Å². The molecule has 1 aromatic carbocycles. The average molecular weight is 409 g/mol. The molecule has 8 heteroatoms. The number of aromatic nitrogens is 1. The van der Waals surface area contributed by atoms with Gasteiger partial charge >= 0.3 is 12.1 Å². The van der Waals surface area contributed by atoms with Crippen LogP contribution in [-0.2, 0) is 17.6 Å². The van der Waals surface area contributed by atoms with E-state index in [1.54, 1.807) is 6.07 Å². The first-order chi connectivity index (χ1) is 13.2. The highest BCUT2D eigenvalue weighted by molar-refractivity contribution is 7.17. The lowest BCUT2D eigenvalue weighted by atomic mass is 9.96. The average Bonchev–Trinajstić information content (AvgIpc) is 3.03. The number of aliphatic carboxylic acids is 1. The van der Waals surface area contributed by atoms with Gasteiger partial charge in [0.25, 0.3) is 0 Å². The van der Waals surface area contributed by atoms with Crippen LogP contribution in [-0.4, -0.2) is 16.1 Å². The van der Waals surface area contributed by atoms with Crippen LogP contribution in [0.4, 0.5) is 13.2 Å². The topological polar surface area (TPSA) is 59.4 Å². The van der Waals surface area contributed by atoms with E-state index in [0.29, 0.717) is 17.7 Å². The largest absolute Gasteiger partial charge is 0.489 e. The van der Waals surface area contributed by atoms with Crippen molar-refractivity contribution in [2.24, 2.45) is 0 Å². The monoisotopic (exact) mass is 409 g/mol. The zero-order valence-electron chi connectivity index (χ0n) is 15.2. The van der Waals surface area contributed by atoms with E-state index >= 15 is 0 Å². The number of carbonyl (C=O) groups is 1. The number of pyridine rings is 1. The number of halogens is 3. The Hall–Kier alpha value is -2.61. The number of hydrogen-bond donors (Lipinski definition) is 1. The second kappa shape index (κ2) is 7.79. The number of benzene rings is 1. The highest BCUT2D eigenvalue weighted by Crippen LogP contribution is 2.35. The van der Waals surface area contributed by atoms with E-state index in [1.807, 2.05) is 24.4 Å². The van der Waals surface area contributed by atoms with E-state index in [-0.39, 0.29) is 12.3 Å². The van der Waals surface area contributed by atoms with E-state index in [9.17, 15) is 23.1 Å². The summed E-state index contributed by atoms with van der Waals surface area (Å²) in [6.45, 7) is 3.44. The molecule has 0 bridgehead atoms. The number of nitrogens with zero attached hydrogens (tertiary/aromatic N) is 1. The van der Waals surface area contributed by atoms with Gasteiger partial charge in [-0.1, -0.05) is 13.0 Å². The molecule has 148 valence electrons. The fraction of sp³-hybridized carbons (Fsp3) is 0.300. The van der Waals surface area contributed by atoms with Crippen molar-refractivity contribution in [1.29, 1.82) is 0 Å². The summed E-state index contributed by atoms with van der Waals surface area (Å²) in [6, 6.07) is 7.67. The van der Waals surface area contributed by atoms with Crippen LogP contribution in [0.3, 0.4) is 0 Å². The summed E-state index contributed by atoms with van der Waals surface area (Å²) in [4.78, 5) is 15.0. The Labute approximate surface area is 163 Å². The van der Waals surface area contributed by atoms with Gasteiger partial charge < -0.3 is 9.84 Å². The lowest BCUT2D eigenvalue weighted by Crippen LogP contribution is -2.10. The molecule has 2 heterocycles.